The van der Waals surface area contributed by atoms with Gasteiger partial charge in [0.05, 0.1) is 13.3 Å². The van der Waals surface area contributed by atoms with Crippen molar-refractivity contribution in [1.82, 2.24) is 15.3 Å². The molecular weight excluding hydrogens is 296 g/mol. The number of aromatic nitrogens is 2. The van der Waals surface area contributed by atoms with E-state index >= 15 is 0 Å². The summed E-state index contributed by atoms with van der Waals surface area (Å²) in [7, 11) is 1.07. The number of carbonyl (C=O) groups is 2. The van der Waals surface area contributed by atoms with Crippen LogP contribution in [-0.2, 0) is 9.53 Å². The molecule has 6 nitrogen and oxygen atoms in total. The maximum absolute atomic E-state index is 13.8. The van der Waals surface area contributed by atoms with E-state index in [1.54, 1.807) is 0 Å². The fraction of sp³-hybridized carbons (Fsp3) is 0.143. The van der Waals surface area contributed by atoms with Gasteiger partial charge in [-0.1, -0.05) is 0 Å². The van der Waals surface area contributed by atoms with Crippen molar-refractivity contribution in [2.45, 2.75) is 6.04 Å². The molecular formula is C14H11F2N3O3. The van der Waals surface area contributed by atoms with Crippen molar-refractivity contribution >= 4 is 11.9 Å². The summed E-state index contributed by atoms with van der Waals surface area (Å²) in [6.45, 7) is 0. The highest BCUT2D eigenvalue weighted by Crippen LogP contribution is 2.20. The molecule has 1 atom stereocenters. The van der Waals surface area contributed by atoms with Crippen LogP contribution in [0.3, 0.4) is 0 Å². The van der Waals surface area contributed by atoms with Gasteiger partial charge in [-0.05, 0) is 18.2 Å². The monoisotopic (exact) mass is 307 g/mol. The number of rotatable bonds is 4. The third kappa shape index (κ3) is 3.40. The van der Waals surface area contributed by atoms with Gasteiger partial charge in [0.2, 0.25) is 0 Å². The number of amides is 1. The maximum atomic E-state index is 13.8. The lowest BCUT2D eigenvalue weighted by Crippen LogP contribution is -2.35. The minimum atomic E-state index is -1.50. The largest absolute Gasteiger partial charge is 0.467 e. The molecule has 0 aliphatic rings. The van der Waals surface area contributed by atoms with Gasteiger partial charge in [-0.3, -0.25) is 9.78 Å². The van der Waals surface area contributed by atoms with E-state index in [2.05, 4.69) is 20.0 Å². The highest BCUT2D eigenvalue weighted by Gasteiger charge is 2.27. The number of halogens is 2. The number of esters is 1. The van der Waals surface area contributed by atoms with Crippen molar-refractivity contribution in [2.75, 3.05) is 7.11 Å². The topological polar surface area (TPSA) is 81.2 Å². The van der Waals surface area contributed by atoms with Gasteiger partial charge >= 0.3 is 5.97 Å². The van der Waals surface area contributed by atoms with Gasteiger partial charge in [0.15, 0.2) is 6.04 Å². The predicted molar refractivity (Wildman–Crippen MR) is 70.6 cm³/mol. The molecule has 2 rings (SSSR count). The summed E-state index contributed by atoms with van der Waals surface area (Å²) in [6, 6.07) is 1.07. The molecule has 0 fully saturated rings. The number of hydrogen-bond acceptors (Lipinski definition) is 5. The minimum absolute atomic E-state index is 0.0757. The molecule has 1 heterocycles. The van der Waals surface area contributed by atoms with Crippen LogP contribution in [0.25, 0.3) is 0 Å². The van der Waals surface area contributed by atoms with E-state index in [0.29, 0.717) is 0 Å². The fourth-order valence-electron chi connectivity index (χ4n) is 1.74. The van der Waals surface area contributed by atoms with Gasteiger partial charge in [-0.25, -0.2) is 18.6 Å². The highest BCUT2D eigenvalue weighted by atomic mass is 19.1. The fourth-order valence-corrected chi connectivity index (χ4v) is 1.74. The molecule has 0 aliphatic heterocycles. The van der Waals surface area contributed by atoms with E-state index in [1.807, 2.05) is 0 Å². The van der Waals surface area contributed by atoms with Crippen LogP contribution in [0.15, 0.2) is 36.8 Å². The van der Waals surface area contributed by atoms with Gasteiger partial charge in [0.25, 0.3) is 5.91 Å². The molecule has 22 heavy (non-hydrogen) atoms. The molecule has 0 saturated carbocycles. The number of benzene rings is 1. The molecule has 1 aromatic carbocycles. The first kappa shape index (κ1) is 15.5. The maximum Gasteiger partial charge on any atom is 0.333 e. The zero-order valence-electron chi connectivity index (χ0n) is 11.4. The molecule has 0 bridgehead atoms. The van der Waals surface area contributed by atoms with Crippen molar-refractivity contribution in [3.05, 3.63) is 59.7 Å². The Balaban J connectivity index is 2.33. The summed E-state index contributed by atoms with van der Waals surface area (Å²) in [5.74, 6) is -3.32. The van der Waals surface area contributed by atoms with E-state index in [9.17, 15) is 18.4 Å². The molecule has 1 N–H and O–H groups in total. The zero-order valence-corrected chi connectivity index (χ0v) is 11.4. The van der Waals surface area contributed by atoms with Gasteiger partial charge in [0, 0.05) is 18.0 Å². The Kier molecular flexibility index (Phi) is 4.72. The summed E-state index contributed by atoms with van der Waals surface area (Å²) >= 11 is 0. The lowest BCUT2D eigenvalue weighted by Gasteiger charge is -2.17. The number of carbonyl (C=O) groups excluding carboxylic acids is 2. The molecule has 114 valence electrons. The SMILES string of the molecule is COC(=O)[C@H](NC(=O)c1cnccn1)c1cc(F)ccc1F. The van der Waals surface area contributed by atoms with Gasteiger partial charge in [-0.2, -0.15) is 0 Å². The van der Waals surface area contributed by atoms with Crippen LogP contribution in [0.4, 0.5) is 8.78 Å². The molecule has 0 unspecified atom stereocenters. The highest BCUT2D eigenvalue weighted by molar-refractivity contribution is 5.95. The Morgan fingerprint density at radius 1 is 1.27 bits per heavy atom. The van der Waals surface area contributed by atoms with Crippen molar-refractivity contribution in [2.24, 2.45) is 0 Å². The number of hydrogen-bond donors (Lipinski definition) is 1. The van der Waals surface area contributed by atoms with E-state index in [4.69, 9.17) is 0 Å². The summed E-state index contributed by atoms with van der Waals surface area (Å²) < 4.78 is 31.6. The first-order valence-corrected chi connectivity index (χ1v) is 6.12. The van der Waals surface area contributed by atoms with Crippen molar-refractivity contribution in [3.63, 3.8) is 0 Å². The lowest BCUT2D eigenvalue weighted by molar-refractivity contribution is -0.143. The van der Waals surface area contributed by atoms with Gasteiger partial charge < -0.3 is 10.1 Å². The van der Waals surface area contributed by atoms with Gasteiger partial charge in [0.1, 0.15) is 17.3 Å². The zero-order chi connectivity index (χ0) is 16.1. The van der Waals surface area contributed by atoms with Crippen LogP contribution in [-0.4, -0.2) is 29.0 Å². The van der Waals surface area contributed by atoms with Crippen molar-refractivity contribution in [3.8, 4) is 0 Å². The molecule has 1 amide bonds. The van der Waals surface area contributed by atoms with Crippen molar-refractivity contribution < 1.29 is 23.1 Å². The predicted octanol–water partition coefficient (Wildman–Crippen LogP) is 1.40. The number of ether oxygens (including phenoxy) is 1. The summed E-state index contributed by atoms with van der Waals surface area (Å²) in [5.41, 5.74) is -0.419. The van der Waals surface area contributed by atoms with Crippen LogP contribution < -0.4 is 5.32 Å². The number of methoxy groups -OCH3 is 1. The molecule has 0 saturated heterocycles. The third-order valence-electron chi connectivity index (χ3n) is 2.78. The average molecular weight is 307 g/mol. The van der Waals surface area contributed by atoms with E-state index in [0.717, 1.165) is 25.3 Å². The van der Waals surface area contributed by atoms with E-state index in [-0.39, 0.29) is 11.3 Å². The molecule has 0 aliphatic carbocycles. The second kappa shape index (κ2) is 6.70. The number of nitrogens with one attached hydrogen (secondary N) is 1. The quantitative estimate of drug-likeness (QED) is 0.864. The first-order valence-electron chi connectivity index (χ1n) is 6.12. The van der Waals surface area contributed by atoms with Gasteiger partial charge in [-0.15, -0.1) is 0 Å². The third-order valence-corrected chi connectivity index (χ3v) is 2.78. The van der Waals surface area contributed by atoms with Crippen molar-refractivity contribution in [1.29, 1.82) is 0 Å². The minimum Gasteiger partial charge on any atom is -0.467 e. The van der Waals surface area contributed by atoms with Crippen LogP contribution in [0.2, 0.25) is 0 Å². The lowest BCUT2D eigenvalue weighted by atomic mass is 10.1. The first-order chi connectivity index (χ1) is 10.5. The smallest absolute Gasteiger partial charge is 0.333 e. The summed E-state index contributed by atoms with van der Waals surface area (Å²) in [4.78, 5) is 31.3. The van der Waals surface area contributed by atoms with E-state index < -0.39 is 29.6 Å². The summed E-state index contributed by atoms with van der Waals surface area (Å²) in [6.07, 6.45) is 3.82. The second-order valence-corrected chi connectivity index (χ2v) is 4.19. The molecule has 2 aromatic rings. The Hall–Kier alpha value is -2.90. The Labute approximate surface area is 124 Å². The summed E-state index contributed by atoms with van der Waals surface area (Å²) in [5, 5.41) is 2.25. The normalized spacial score (nSPS) is 11.6. The standard InChI is InChI=1S/C14H11F2N3O3/c1-22-14(21)12(9-6-8(15)2-3-10(9)16)19-13(20)11-7-17-4-5-18-11/h2-7,12H,1H3,(H,19,20)/t12-/m1/s1. The Morgan fingerprint density at radius 3 is 2.68 bits per heavy atom. The van der Waals surface area contributed by atoms with E-state index in [1.165, 1.54) is 18.6 Å². The molecule has 8 heteroatoms. The number of nitrogens with zero attached hydrogens (tertiary/aromatic N) is 2. The van der Waals surface area contributed by atoms with Crippen LogP contribution in [0, 0.1) is 11.6 Å². The Bertz CT molecular complexity index is 695. The molecule has 0 radical (unpaired) electrons. The average Bonchev–Trinajstić information content (AvgIpc) is 2.55. The van der Waals surface area contributed by atoms with Crippen LogP contribution in [0.1, 0.15) is 22.1 Å². The second-order valence-electron chi connectivity index (χ2n) is 4.19. The molecule has 1 aromatic heterocycles. The van der Waals surface area contributed by atoms with Crippen LogP contribution >= 0.6 is 0 Å². The Morgan fingerprint density at radius 2 is 2.05 bits per heavy atom. The molecule has 0 spiro atoms. The van der Waals surface area contributed by atoms with Crippen LogP contribution in [0.5, 0.6) is 0 Å².